The molecule has 0 aromatic carbocycles. The number of nitrogens with zero attached hydrogens (tertiary/aromatic N) is 1. The highest BCUT2D eigenvalue weighted by atomic mass is 16.5. The average molecular weight is 230 g/mol. The van der Waals surface area contributed by atoms with E-state index in [1.165, 1.54) is 0 Å². The van der Waals surface area contributed by atoms with Crippen molar-refractivity contribution in [1.29, 1.82) is 0 Å². The molecule has 3 nitrogen and oxygen atoms in total. The van der Waals surface area contributed by atoms with Crippen LogP contribution >= 0.6 is 0 Å². The molecule has 0 saturated heterocycles. The van der Waals surface area contributed by atoms with E-state index in [1.54, 1.807) is 0 Å². The third-order valence-electron chi connectivity index (χ3n) is 3.57. The summed E-state index contributed by atoms with van der Waals surface area (Å²) in [5.74, 6) is 0. The highest BCUT2D eigenvalue weighted by Gasteiger charge is 2.34. The lowest BCUT2D eigenvalue weighted by Gasteiger charge is -2.42. The highest BCUT2D eigenvalue weighted by Crippen LogP contribution is 2.29. The van der Waals surface area contributed by atoms with Crippen molar-refractivity contribution in [1.82, 2.24) is 4.90 Å². The summed E-state index contributed by atoms with van der Waals surface area (Å²) in [5.41, 5.74) is 6.16. The van der Waals surface area contributed by atoms with E-state index in [0.29, 0.717) is 0 Å². The van der Waals surface area contributed by atoms with Gasteiger partial charge >= 0.3 is 0 Å². The van der Waals surface area contributed by atoms with Crippen LogP contribution in [0.2, 0.25) is 0 Å². The van der Waals surface area contributed by atoms with Gasteiger partial charge in [0.15, 0.2) is 0 Å². The summed E-state index contributed by atoms with van der Waals surface area (Å²) in [4.78, 5) is 2.41. The van der Waals surface area contributed by atoms with E-state index in [4.69, 9.17) is 10.5 Å². The van der Waals surface area contributed by atoms with E-state index in [0.717, 1.165) is 32.8 Å². The lowest BCUT2D eigenvalue weighted by molar-refractivity contribution is 0.0759. The molecule has 0 aliphatic heterocycles. The van der Waals surface area contributed by atoms with Gasteiger partial charge in [0.2, 0.25) is 0 Å². The zero-order valence-electron chi connectivity index (χ0n) is 12.0. The van der Waals surface area contributed by atoms with Gasteiger partial charge in [-0.15, -0.1) is 0 Å². The molecule has 0 heterocycles. The molecule has 0 amide bonds. The number of hydrogen-bond donors (Lipinski definition) is 1. The van der Waals surface area contributed by atoms with Gasteiger partial charge in [0.1, 0.15) is 0 Å². The van der Waals surface area contributed by atoms with Crippen molar-refractivity contribution in [3.63, 3.8) is 0 Å². The molecule has 3 heteroatoms. The van der Waals surface area contributed by atoms with Crippen LogP contribution in [0.5, 0.6) is 0 Å². The summed E-state index contributed by atoms with van der Waals surface area (Å²) < 4.78 is 5.39. The molecule has 0 fully saturated rings. The monoisotopic (exact) mass is 230 g/mol. The largest absolute Gasteiger partial charge is 0.380 e. The number of hydrogen-bond acceptors (Lipinski definition) is 3. The fraction of sp³-hybridized carbons (Fsp3) is 1.00. The van der Waals surface area contributed by atoms with Crippen LogP contribution in [-0.2, 0) is 4.74 Å². The summed E-state index contributed by atoms with van der Waals surface area (Å²) in [7, 11) is 0. The quantitative estimate of drug-likeness (QED) is 0.649. The molecule has 0 aromatic rings. The van der Waals surface area contributed by atoms with Crippen LogP contribution < -0.4 is 5.73 Å². The highest BCUT2D eigenvalue weighted by molar-refractivity contribution is 4.92. The molecule has 0 saturated carbocycles. The van der Waals surface area contributed by atoms with Crippen molar-refractivity contribution in [2.75, 3.05) is 32.8 Å². The Labute approximate surface area is 101 Å². The van der Waals surface area contributed by atoms with Gasteiger partial charge in [0.25, 0.3) is 0 Å². The smallest absolute Gasteiger partial charge is 0.0593 e. The van der Waals surface area contributed by atoms with Crippen molar-refractivity contribution < 1.29 is 4.74 Å². The van der Waals surface area contributed by atoms with Gasteiger partial charge in [-0.2, -0.15) is 0 Å². The molecular weight excluding hydrogens is 200 g/mol. The van der Waals surface area contributed by atoms with Crippen molar-refractivity contribution in [3.05, 3.63) is 0 Å². The number of ether oxygens (including phenoxy) is 1. The van der Waals surface area contributed by atoms with E-state index in [9.17, 15) is 0 Å². The van der Waals surface area contributed by atoms with Crippen molar-refractivity contribution in [2.45, 2.75) is 47.1 Å². The molecule has 16 heavy (non-hydrogen) atoms. The SMILES string of the molecule is CCOCCN(CC)CC(C)(C)C(C)(C)N. The fourth-order valence-electron chi connectivity index (χ4n) is 1.45. The first kappa shape index (κ1) is 15.9. The van der Waals surface area contributed by atoms with E-state index < -0.39 is 0 Å². The molecule has 0 atom stereocenters. The molecule has 98 valence electrons. The zero-order chi connectivity index (χ0) is 12.8. The van der Waals surface area contributed by atoms with Crippen LogP contribution in [-0.4, -0.2) is 43.3 Å². The Kier molecular flexibility index (Phi) is 6.53. The number of nitrogens with two attached hydrogens (primary N) is 1. The minimum Gasteiger partial charge on any atom is -0.380 e. The van der Waals surface area contributed by atoms with Crippen LogP contribution in [0.4, 0.5) is 0 Å². The Morgan fingerprint density at radius 2 is 1.69 bits per heavy atom. The van der Waals surface area contributed by atoms with Gasteiger partial charge < -0.3 is 15.4 Å². The second-order valence-electron chi connectivity index (χ2n) is 5.67. The lowest BCUT2D eigenvalue weighted by Crippen LogP contribution is -2.53. The van der Waals surface area contributed by atoms with Gasteiger partial charge in [-0.1, -0.05) is 20.8 Å². The predicted molar refractivity (Wildman–Crippen MR) is 70.7 cm³/mol. The van der Waals surface area contributed by atoms with E-state index >= 15 is 0 Å². The minimum atomic E-state index is -0.161. The molecule has 2 N–H and O–H groups in total. The summed E-state index contributed by atoms with van der Waals surface area (Å²) in [6.07, 6.45) is 0. The summed E-state index contributed by atoms with van der Waals surface area (Å²) in [6, 6.07) is 0. The maximum atomic E-state index is 6.21. The second kappa shape index (κ2) is 6.58. The maximum Gasteiger partial charge on any atom is 0.0593 e. The normalized spacial score (nSPS) is 13.5. The first-order valence-electron chi connectivity index (χ1n) is 6.33. The lowest BCUT2D eigenvalue weighted by atomic mass is 9.75. The predicted octanol–water partition coefficient (Wildman–Crippen LogP) is 2.11. The van der Waals surface area contributed by atoms with Gasteiger partial charge in [-0.05, 0) is 32.7 Å². The summed E-state index contributed by atoms with van der Waals surface area (Å²) in [5, 5.41) is 0. The van der Waals surface area contributed by atoms with Gasteiger partial charge in [0.05, 0.1) is 6.61 Å². The molecule has 0 spiro atoms. The summed E-state index contributed by atoms with van der Waals surface area (Å²) in [6.45, 7) is 17.5. The Balaban J connectivity index is 4.20. The van der Waals surface area contributed by atoms with Crippen LogP contribution in [0.15, 0.2) is 0 Å². The second-order valence-corrected chi connectivity index (χ2v) is 5.67. The zero-order valence-corrected chi connectivity index (χ0v) is 12.0. The topological polar surface area (TPSA) is 38.5 Å². The molecule has 0 aliphatic carbocycles. The standard InChI is InChI=1S/C13H30N2O/c1-7-15(9-10-16-8-2)11-12(3,4)13(5,6)14/h7-11,14H2,1-6H3. The first-order chi connectivity index (χ1) is 7.24. The van der Waals surface area contributed by atoms with Gasteiger partial charge in [-0.25, -0.2) is 0 Å². The summed E-state index contributed by atoms with van der Waals surface area (Å²) >= 11 is 0. The van der Waals surface area contributed by atoms with Crippen LogP contribution in [0.3, 0.4) is 0 Å². The Morgan fingerprint density at radius 3 is 2.06 bits per heavy atom. The van der Waals surface area contributed by atoms with E-state index in [2.05, 4.69) is 39.5 Å². The molecule has 0 radical (unpaired) electrons. The number of rotatable bonds is 8. The third kappa shape index (κ3) is 5.28. The van der Waals surface area contributed by atoms with Crippen LogP contribution in [0.25, 0.3) is 0 Å². The van der Waals surface area contributed by atoms with Crippen LogP contribution in [0.1, 0.15) is 41.5 Å². The average Bonchev–Trinajstić information content (AvgIpc) is 2.14. The fourth-order valence-corrected chi connectivity index (χ4v) is 1.45. The Hall–Kier alpha value is -0.120. The molecule has 0 bridgehead atoms. The molecule has 0 rings (SSSR count). The molecule has 0 unspecified atom stereocenters. The van der Waals surface area contributed by atoms with Crippen molar-refractivity contribution in [2.24, 2.45) is 11.1 Å². The van der Waals surface area contributed by atoms with Crippen LogP contribution in [0, 0.1) is 5.41 Å². The van der Waals surface area contributed by atoms with Crippen molar-refractivity contribution >= 4 is 0 Å². The maximum absolute atomic E-state index is 6.21. The van der Waals surface area contributed by atoms with Gasteiger partial charge in [0, 0.05) is 25.2 Å². The van der Waals surface area contributed by atoms with E-state index in [-0.39, 0.29) is 11.0 Å². The number of likely N-dealkylation sites (N-methyl/N-ethyl adjacent to an activating group) is 1. The third-order valence-corrected chi connectivity index (χ3v) is 3.57. The van der Waals surface area contributed by atoms with Crippen molar-refractivity contribution in [3.8, 4) is 0 Å². The minimum absolute atomic E-state index is 0.106. The molecule has 0 aromatic heterocycles. The molecular formula is C13H30N2O. The van der Waals surface area contributed by atoms with Gasteiger partial charge in [-0.3, -0.25) is 0 Å². The Morgan fingerprint density at radius 1 is 1.12 bits per heavy atom. The van der Waals surface area contributed by atoms with E-state index in [1.807, 2.05) is 6.92 Å². The molecule has 0 aliphatic rings. The first-order valence-corrected chi connectivity index (χ1v) is 6.33. The Bertz CT molecular complexity index is 185.